The normalized spacial score (nSPS) is 20.1. The molecule has 0 radical (unpaired) electrons. The predicted molar refractivity (Wildman–Crippen MR) is 63.7 cm³/mol. The first kappa shape index (κ1) is 11.8. The second-order valence-corrected chi connectivity index (χ2v) is 4.14. The maximum atomic E-state index is 8.92. The van der Waals surface area contributed by atoms with Crippen molar-refractivity contribution in [1.29, 1.82) is 5.26 Å². The third-order valence-corrected chi connectivity index (χ3v) is 2.91. The first-order chi connectivity index (χ1) is 8.24. The molecule has 2 heterocycles. The van der Waals surface area contributed by atoms with Crippen LogP contribution in [0.15, 0.2) is 6.07 Å². The molecule has 1 fully saturated rings. The largest absolute Gasteiger partial charge is 0.377 e. The van der Waals surface area contributed by atoms with Gasteiger partial charge < -0.3 is 9.64 Å². The van der Waals surface area contributed by atoms with Crippen molar-refractivity contribution in [1.82, 2.24) is 9.97 Å². The molecule has 0 bridgehead atoms. The molecule has 90 valence electrons. The lowest BCUT2D eigenvalue weighted by Gasteiger charge is -2.35. The zero-order valence-electron chi connectivity index (χ0n) is 10.2. The van der Waals surface area contributed by atoms with Gasteiger partial charge in [-0.3, -0.25) is 0 Å². The predicted octanol–water partition coefficient (Wildman–Crippen LogP) is 1.27. The van der Waals surface area contributed by atoms with Gasteiger partial charge in [0, 0.05) is 12.2 Å². The molecule has 0 spiro atoms. The van der Waals surface area contributed by atoms with Crippen LogP contribution in [0, 0.1) is 18.3 Å². The Hall–Kier alpha value is -1.67. The van der Waals surface area contributed by atoms with Gasteiger partial charge in [-0.05, 0) is 19.4 Å². The number of nitrogens with zero attached hydrogens (tertiary/aromatic N) is 4. The van der Waals surface area contributed by atoms with Gasteiger partial charge in [0.2, 0.25) is 5.95 Å². The molecule has 1 unspecified atom stereocenters. The van der Waals surface area contributed by atoms with Crippen LogP contribution in [0.3, 0.4) is 0 Å². The number of rotatable bonds is 2. The minimum absolute atomic E-state index is 0.303. The highest BCUT2D eigenvalue weighted by Gasteiger charge is 2.24. The number of hydrogen-bond acceptors (Lipinski definition) is 5. The maximum absolute atomic E-state index is 8.92. The molecule has 17 heavy (non-hydrogen) atoms. The number of hydrogen-bond donors (Lipinski definition) is 0. The molecule has 1 atom stereocenters. The van der Waals surface area contributed by atoms with E-state index in [-0.39, 0.29) is 0 Å². The molecule has 0 amide bonds. The molecule has 0 aliphatic carbocycles. The molecule has 1 aromatic heterocycles. The van der Waals surface area contributed by atoms with Gasteiger partial charge in [-0.15, -0.1) is 0 Å². The van der Waals surface area contributed by atoms with E-state index in [1.807, 2.05) is 6.92 Å². The Morgan fingerprint density at radius 3 is 3.12 bits per heavy atom. The fourth-order valence-corrected chi connectivity index (χ4v) is 1.99. The molecule has 2 rings (SSSR count). The summed E-state index contributed by atoms with van der Waals surface area (Å²) in [6, 6.07) is 4.07. The zero-order valence-corrected chi connectivity index (χ0v) is 10.2. The van der Waals surface area contributed by atoms with Gasteiger partial charge in [0.1, 0.15) is 11.8 Å². The van der Waals surface area contributed by atoms with Crippen LogP contribution in [0.5, 0.6) is 0 Å². The SMILES string of the molecule is CCC1COCCN1c1nc(C)cc(C#N)n1. The van der Waals surface area contributed by atoms with Gasteiger partial charge in [0.05, 0.1) is 19.3 Å². The van der Waals surface area contributed by atoms with E-state index in [9.17, 15) is 0 Å². The number of aromatic nitrogens is 2. The van der Waals surface area contributed by atoms with Crippen molar-refractivity contribution in [2.24, 2.45) is 0 Å². The summed E-state index contributed by atoms with van der Waals surface area (Å²) in [4.78, 5) is 10.8. The Morgan fingerprint density at radius 1 is 1.59 bits per heavy atom. The fourth-order valence-electron chi connectivity index (χ4n) is 1.99. The van der Waals surface area contributed by atoms with E-state index < -0.39 is 0 Å². The van der Waals surface area contributed by atoms with Crippen molar-refractivity contribution >= 4 is 5.95 Å². The van der Waals surface area contributed by atoms with Crippen molar-refractivity contribution in [3.8, 4) is 6.07 Å². The van der Waals surface area contributed by atoms with Crippen LogP contribution in [0.4, 0.5) is 5.95 Å². The van der Waals surface area contributed by atoms with Crippen molar-refractivity contribution < 1.29 is 4.74 Å². The molecule has 1 saturated heterocycles. The molecule has 1 aliphatic rings. The van der Waals surface area contributed by atoms with Gasteiger partial charge in [0.25, 0.3) is 0 Å². The van der Waals surface area contributed by atoms with Crippen molar-refractivity contribution in [2.45, 2.75) is 26.3 Å². The minimum Gasteiger partial charge on any atom is -0.377 e. The number of morpholine rings is 1. The molecule has 1 aliphatic heterocycles. The molecule has 5 nitrogen and oxygen atoms in total. The second-order valence-electron chi connectivity index (χ2n) is 4.14. The lowest BCUT2D eigenvalue weighted by Crippen LogP contribution is -2.46. The number of nitriles is 1. The Bertz CT molecular complexity index is 441. The average Bonchev–Trinajstić information content (AvgIpc) is 2.37. The van der Waals surface area contributed by atoms with Gasteiger partial charge >= 0.3 is 0 Å². The molecule has 1 aromatic rings. The lowest BCUT2D eigenvalue weighted by atomic mass is 10.2. The molecule has 0 saturated carbocycles. The van der Waals surface area contributed by atoms with E-state index in [0.29, 0.717) is 30.9 Å². The summed E-state index contributed by atoms with van der Waals surface area (Å²) in [5, 5.41) is 8.92. The topological polar surface area (TPSA) is 62.0 Å². The Kier molecular flexibility index (Phi) is 3.55. The highest BCUT2D eigenvalue weighted by Crippen LogP contribution is 2.18. The summed E-state index contributed by atoms with van der Waals surface area (Å²) < 4.78 is 5.45. The first-order valence-corrected chi connectivity index (χ1v) is 5.84. The molecular weight excluding hydrogens is 216 g/mol. The van der Waals surface area contributed by atoms with Gasteiger partial charge in [0.15, 0.2) is 0 Å². The van der Waals surface area contributed by atoms with E-state index in [0.717, 1.165) is 18.7 Å². The van der Waals surface area contributed by atoms with Gasteiger partial charge in [-0.2, -0.15) is 5.26 Å². The minimum atomic E-state index is 0.303. The van der Waals surface area contributed by atoms with Crippen molar-refractivity contribution in [3.05, 3.63) is 17.5 Å². The first-order valence-electron chi connectivity index (χ1n) is 5.84. The van der Waals surface area contributed by atoms with Crippen LogP contribution in [0.1, 0.15) is 24.7 Å². The summed E-state index contributed by atoms with van der Waals surface area (Å²) in [5.74, 6) is 0.650. The van der Waals surface area contributed by atoms with Crippen molar-refractivity contribution in [3.63, 3.8) is 0 Å². The third kappa shape index (κ3) is 2.53. The summed E-state index contributed by atoms with van der Waals surface area (Å²) in [6.45, 7) is 6.18. The summed E-state index contributed by atoms with van der Waals surface area (Å²) in [5.41, 5.74) is 1.25. The number of aryl methyl sites for hydroxylation is 1. The summed E-state index contributed by atoms with van der Waals surface area (Å²) in [7, 11) is 0. The van der Waals surface area contributed by atoms with E-state index in [1.54, 1.807) is 6.07 Å². The van der Waals surface area contributed by atoms with Crippen LogP contribution in [0.2, 0.25) is 0 Å². The summed E-state index contributed by atoms with van der Waals surface area (Å²) in [6.07, 6.45) is 0.985. The van der Waals surface area contributed by atoms with Crippen LogP contribution < -0.4 is 4.90 Å². The molecule has 5 heteroatoms. The molecule has 0 N–H and O–H groups in total. The van der Waals surface area contributed by atoms with E-state index >= 15 is 0 Å². The fraction of sp³-hybridized carbons (Fsp3) is 0.583. The Balaban J connectivity index is 2.31. The molecular formula is C12H16N4O. The monoisotopic (exact) mass is 232 g/mol. The van der Waals surface area contributed by atoms with Crippen LogP contribution >= 0.6 is 0 Å². The summed E-state index contributed by atoms with van der Waals surface area (Å²) >= 11 is 0. The molecule has 0 aromatic carbocycles. The van der Waals surface area contributed by atoms with Gasteiger partial charge in [-0.25, -0.2) is 9.97 Å². The zero-order chi connectivity index (χ0) is 12.3. The van der Waals surface area contributed by atoms with E-state index in [4.69, 9.17) is 10.00 Å². The number of ether oxygens (including phenoxy) is 1. The Morgan fingerprint density at radius 2 is 2.41 bits per heavy atom. The van der Waals surface area contributed by atoms with Crippen LogP contribution in [0.25, 0.3) is 0 Å². The van der Waals surface area contributed by atoms with E-state index in [2.05, 4.69) is 27.9 Å². The Labute approximate surface area is 101 Å². The lowest BCUT2D eigenvalue weighted by molar-refractivity contribution is 0.0921. The maximum Gasteiger partial charge on any atom is 0.227 e. The van der Waals surface area contributed by atoms with E-state index in [1.165, 1.54) is 0 Å². The van der Waals surface area contributed by atoms with Crippen LogP contribution in [-0.4, -0.2) is 35.8 Å². The van der Waals surface area contributed by atoms with Crippen molar-refractivity contribution in [2.75, 3.05) is 24.7 Å². The smallest absolute Gasteiger partial charge is 0.227 e. The van der Waals surface area contributed by atoms with Crippen LogP contribution in [-0.2, 0) is 4.74 Å². The number of anilines is 1. The second kappa shape index (κ2) is 5.11. The van der Waals surface area contributed by atoms with Gasteiger partial charge in [-0.1, -0.05) is 6.92 Å². The highest BCUT2D eigenvalue weighted by atomic mass is 16.5. The average molecular weight is 232 g/mol. The quantitative estimate of drug-likeness (QED) is 0.768. The third-order valence-electron chi connectivity index (χ3n) is 2.91. The highest BCUT2D eigenvalue weighted by molar-refractivity contribution is 5.37. The standard InChI is InChI=1S/C12H16N4O/c1-3-11-8-17-5-4-16(11)12-14-9(2)6-10(7-13)15-12/h6,11H,3-5,8H2,1-2H3.